The van der Waals surface area contributed by atoms with E-state index in [0.717, 1.165) is 11.1 Å². The number of nitrogens with zero attached hydrogens (tertiary/aromatic N) is 3. The third-order valence-electron chi connectivity index (χ3n) is 6.60. The molecule has 2 fully saturated rings. The van der Waals surface area contributed by atoms with Crippen LogP contribution in [0, 0.1) is 5.92 Å². The highest BCUT2D eigenvalue weighted by atomic mass is 32.2. The van der Waals surface area contributed by atoms with Crippen molar-refractivity contribution in [3.63, 3.8) is 0 Å². The smallest absolute Gasteiger partial charge is 0.306 e. The lowest BCUT2D eigenvalue weighted by molar-refractivity contribution is -0.146. The van der Waals surface area contributed by atoms with Crippen molar-refractivity contribution in [2.45, 2.75) is 35.4 Å². The third kappa shape index (κ3) is 4.43. The molecule has 178 valence electrons. The van der Waals surface area contributed by atoms with Crippen LogP contribution < -0.4 is 4.90 Å². The summed E-state index contributed by atoms with van der Waals surface area (Å²) in [6.45, 7) is 0.785. The van der Waals surface area contributed by atoms with E-state index in [9.17, 15) is 23.1 Å². The topological polar surface area (TPSA) is 98.2 Å². The summed E-state index contributed by atoms with van der Waals surface area (Å²) in [5.74, 6) is -1.58. The van der Waals surface area contributed by atoms with Gasteiger partial charge in [-0.05, 0) is 31.4 Å². The number of aliphatic carboxylic acids is 1. The average Bonchev–Trinajstić information content (AvgIpc) is 3.20. The number of amides is 1. The number of sulfonamides is 1. The zero-order valence-electron chi connectivity index (χ0n) is 18.7. The van der Waals surface area contributed by atoms with Crippen molar-refractivity contribution >= 4 is 51.0 Å². The van der Waals surface area contributed by atoms with E-state index in [4.69, 9.17) is 0 Å². The zero-order chi connectivity index (χ0) is 23.9. The third-order valence-corrected chi connectivity index (χ3v) is 8.91. The molecule has 2 aliphatic heterocycles. The minimum Gasteiger partial charge on any atom is -0.481 e. The molecule has 1 amide bonds. The first-order valence-electron chi connectivity index (χ1n) is 11.0. The van der Waals surface area contributed by atoms with E-state index < -0.39 is 28.0 Å². The first-order chi connectivity index (χ1) is 15.6. The Labute approximate surface area is 199 Å². The van der Waals surface area contributed by atoms with Gasteiger partial charge in [0.15, 0.2) is 0 Å². The minimum atomic E-state index is -3.97. The maximum absolute atomic E-state index is 13.8. The number of piperidine rings is 1. The molecule has 2 heterocycles. The van der Waals surface area contributed by atoms with Crippen molar-refractivity contribution in [3.05, 3.63) is 36.4 Å². The molecule has 8 nitrogen and oxygen atoms in total. The van der Waals surface area contributed by atoms with Gasteiger partial charge in [0.2, 0.25) is 15.9 Å². The SMILES string of the molecule is CN(C)c1cccc2c(S(=O)(=O)N3CC(S)CC3C(=O)N3CCC(C(=O)O)CC3)cccc12. The van der Waals surface area contributed by atoms with E-state index in [1.165, 1.54) is 4.31 Å². The van der Waals surface area contributed by atoms with E-state index in [-0.39, 0.29) is 22.6 Å². The second kappa shape index (κ2) is 9.15. The molecule has 10 heteroatoms. The Morgan fingerprint density at radius 3 is 2.33 bits per heavy atom. The van der Waals surface area contributed by atoms with Crippen molar-refractivity contribution in [3.8, 4) is 0 Å². The van der Waals surface area contributed by atoms with Crippen molar-refractivity contribution in [1.82, 2.24) is 9.21 Å². The summed E-state index contributed by atoms with van der Waals surface area (Å²) >= 11 is 4.51. The van der Waals surface area contributed by atoms with Crippen molar-refractivity contribution < 1.29 is 23.1 Å². The Morgan fingerprint density at radius 1 is 1.06 bits per heavy atom. The fourth-order valence-corrected chi connectivity index (χ4v) is 7.17. The molecular formula is C23H29N3O5S2. The number of hydrogen-bond acceptors (Lipinski definition) is 6. The summed E-state index contributed by atoms with van der Waals surface area (Å²) in [6, 6.07) is 9.92. The number of fused-ring (bicyclic) bond motifs is 1. The fourth-order valence-electron chi connectivity index (χ4n) is 4.84. The van der Waals surface area contributed by atoms with Gasteiger partial charge >= 0.3 is 5.97 Å². The molecule has 2 aromatic carbocycles. The molecule has 2 aliphatic rings. The quantitative estimate of drug-likeness (QED) is 0.623. The number of carbonyl (C=O) groups excluding carboxylic acids is 1. The number of carboxylic acid groups (broad SMARTS) is 1. The van der Waals surface area contributed by atoms with E-state index in [2.05, 4.69) is 12.6 Å². The Kier molecular flexibility index (Phi) is 6.61. The molecule has 33 heavy (non-hydrogen) atoms. The van der Waals surface area contributed by atoms with E-state index in [0.29, 0.717) is 37.7 Å². The van der Waals surface area contributed by atoms with Crippen LogP contribution in [-0.2, 0) is 19.6 Å². The van der Waals surface area contributed by atoms with E-state index in [1.807, 2.05) is 37.2 Å². The highest BCUT2D eigenvalue weighted by Gasteiger charge is 2.45. The molecular weight excluding hydrogens is 462 g/mol. The van der Waals surface area contributed by atoms with Gasteiger partial charge in [-0.3, -0.25) is 9.59 Å². The molecule has 0 bridgehead atoms. The average molecular weight is 492 g/mol. The van der Waals surface area contributed by atoms with Crippen LogP contribution in [0.3, 0.4) is 0 Å². The summed E-state index contributed by atoms with van der Waals surface area (Å²) < 4.78 is 29.0. The highest BCUT2D eigenvalue weighted by Crippen LogP contribution is 2.35. The van der Waals surface area contributed by atoms with Crippen LogP contribution >= 0.6 is 12.6 Å². The minimum absolute atomic E-state index is 0.150. The standard InChI is InChI=1S/C23H29N3O5S2/c1-24(2)19-7-3-6-18-17(19)5-4-8-21(18)33(30,31)26-14-16(32)13-20(26)22(27)25-11-9-15(10-12-25)23(28)29/h3-8,15-16,20,32H,9-14H2,1-2H3,(H,28,29). The first-order valence-corrected chi connectivity index (χ1v) is 13.0. The molecule has 1 N–H and O–H groups in total. The fraction of sp³-hybridized carbons (Fsp3) is 0.478. The molecule has 2 aromatic rings. The van der Waals surface area contributed by atoms with Crippen molar-refractivity contribution in [2.75, 3.05) is 38.6 Å². The van der Waals surface area contributed by atoms with E-state index in [1.54, 1.807) is 23.1 Å². The summed E-state index contributed by atoms with van der Waals surface area (Å²) in [6.07, 6.45) is 1.08. The van der Waals surface area contributed by atoms with Crippen LogP contribution in [0.5, 0.6) is 0 Å². The van der Waals surface area contributed by atoms with Gasteiger partial charge in [-0.1, -0.05) is 24.3 Å². The van der Waals surface area contributed by atoms with Gasteiger partial charge in [-0.2, -0.15) is 16.9 Å². The second-order valence-corrected chi connectivity index (χ2v) is 11.5. The van der Waals surface area contributed by atoms with Crippen molar-refractivity contribution in [1.29, 1.82) is 0 Å². The lowest BCUT2D eigenvalue weighted by Gasteiger charge is -2.34. The molecule has 0 saturated carbocycles. The van der Waals surface area contributed by atoms with Crippen LogP contribution in [-0.4, -0.2) is 79.6 Å². The molecule has 2 unspecified atom stereocenters. The predicted octanol–water partition coefficient (Wildman–Crippen LogP) is 2.29. The summed E-state index contributed by atoms with van der Waals surface area (Å²) in [5, 5.41) is 10.4. The lowest BCUT2D eigenvalue weighted by atomic mass is 9.96. The van der Waals surface area contributed by atoms with Crippen LogP contribution in [0.4, 0.5) is 5.69 Å². The van der Waals surface area contributed by atoms with Crippen LogP contribution in [0.25, 0.3) is 10.8 Å². The zero-order valence-corrected chi connectivity index (χ0v) is 20.4. The van der Waals surface area contributed by atoms with Crippen LogP contribution in [0.1, 0.15) is 19.3 Å². The molecule has 0 spiro atoms. The van der Waals surface area contributed by atoms with Crippen molar-refractivity contribution in [2.24, 2.45) is 5.92 Å². The van der Waals surface area contributed by atoms with Gasteiger partial charge in [0, 0.05) is 55.4 Å². The summed E-state index contributed by atoms with van der Waals surface area (Å²) in [4.78, 5) is 28.3. The molecule has 0 aromatic heterocycles. The number of carbonyl (C=O) groups is 2. The largest absolute Gasteiger partial charge is 0.481 e. The van der Waals surface area contributed by atoms with Gasteiger partial charge in [-0.15, -0.1) is 0 Å². The second-order valence-electron chi connectivity index (χ2n) is 8.94. The number of carboxylic acids is 1. The molecule has 0 radical (unpaired) electrons. The number of thiol groups is 1. The summed E-state index contributed by atoms with van der Waals surface area (Å²) in [5.41, 5.74) is 0.909. The maximum Gasteiger partial charge on any atom is 0.306 e. The molecule has 2 saturated heterocycles. The number of likely N-dealkylation sites (tertiary alicyclic amines) is 1. The summed E-state index contributed by atoms with van der Waals surface area (Å²) in [7, 11) is -0.160. The van der Waals surface area contributed by atoms with Gasteiger partial charge < -0.3 is 14.9 Å². The Hall–Kier alpha value is -2.30. The monoisotopic (exact) mass is 491 g/mol. The molecule has 2 atom stereocenters. The van der Waals surface area contributed by atoms with Gasteiger partial charge in [0.25, 0.3) is 0 Å². The van der Waals surface area contributed by atoms with Gasteiger partial charge in [0.1, 0.15) is 6.04 Å². The number of anilines is 1. The van der Waals surface area contributed by atoms with E-state index >= 15 is 0 Å². The van der Waals surface area contributed by atoms with Gasteiger partial charge in [0.05, 0.1) is 10.8 Å². The maximum atomic E-state index is 13.8. The first kappa shape index (κ1) is 23.8. The van der Waals surface area contributed by atoms with Crippen LogP contribution in [0.2, 0.25) is 0 Å². The molecule has 4 rings (SSSR count). The number of rotatable bonds is 5. The Bertz CT molecular complexity index is 1180. The molecule has 0 aliphatic carbocycles. The Balaban J connectivity index is 1.67. The highest BCUT2D eigenvalue weighted by molar-refractivity contribution is 7.89. The Morgan fingerprint density at radius 2 is 1.70 bits per heavy atom. The van der Waals surface area contributed by atoms with Gasteiger partial charge in [-0.25, -0.2) is 8.42 Å². The number of benzene rings is 2. The predicted molar refractivity (Wildman–Crippen MR) is 130 cm³/mol. The number of hydrogen-bond donors (Lipinski definition) is 2. The normalized spacial score (nSPS) is 22.6. The van der Waals surface area contributed by atoms with Crippen LogP contribution in [0.15, 0.2) is 41.3 Å². The lowest BCUT2D eigenvalue weighted by Crippen LogP contribution is -2.50.